The minimum Gasteiger partial charge on any atom is -0.505 e. The number of nitrogens with zero attached hydrogens (tertiary/aromatic N) is 2. The fourth-order valence-electron chi connectivity index (χ4n) is 2.18. The third kappa shape index (κ3) is 2.04. The maximum absolute atomic E-state index is 14.3. The minimum atomic E-state index is -1.23. The van der Waals surface area contributed by atoms with E-state index in [0.717, 1.165) is 6.07 Å². The van der Waals surface area contributed by atoms with Gasteiger partial charge in [-0.15, -0.1) is 0 Å². The van der Waals surface area contributed by atoms with Gasteiger partial charge < -0.3 is 19.7 Å². The largest absolute Gasteiger partial charge is 0.505 e. The highest BCUT2D eigenvalue weighted by Gasteiger charge is 2.27. The molecule has 1 aromatic heterocycles. The highest BCUT2D eigenvalue weighted by molar-refractivity contribution is 5.88. The average molecular weight is 294 g/mol. The van der Waals surface area contributed by atoms with Crippen molar-refractivity contribution in [1.82, 2.24) is 9.78 Å². The molecule has 110 valence electrons. The van der Waals surface area contributed by atoms with Crippen molar-refractivity contribution in [3.8, 4) is 28.5 Å². The lowest BCUT2D eigenvalue weighted by molar-refractivity contribution is 0.0689. The van der Waals surface area contributed by atoms with Gasteiger partial charge in [-0.25, -0.2) is 9.18 Å². The van der Waals surface area contributed by atoms with Gasteiger partial charge in [0.2, 0.25) is 0 Å². The van der Waals surface area contributed by atoms with Gasteiger partial charge >= 0.3 is 5.97 Å². The Morgan fingerprint density at radius 2 is 2.10 bits per heavy atom. The highest BCUT2D eigenvalue weighted by atomic mass is 19.1. The average Bonchev–Trinajstić information content (AvgIpc) is 2.82. The summed E-state index contributed by atoms with van der Waals surface area (Å²) in [5.41, 5.74) is -0.143. The number of hydrogen-bond donors (Lipinski definition) is 2. The van der Waals surface area contributed by atoms with Crippen molar-refractivity contribution >= 4 is 5.97 Å². The van der Waals surface area contributed by atoms with Crippen LogP contribution in [0.4, 0.5) is 4.39 Å². The highest BCUT2D eigenvalue weighted by Crippen LogP contribution is 2.45. The molecule has 21 heavy (non-hydrogen) atoms. The quantitative estimate of drug-likeness (QED) is 0.869. The standard InChI is InChI=1S/C13H11FN2O5/c1-16-7(4-6(15-16)13(18)19)10-11(14)8(17)5-9-12(10)21-3-2-20-9/h4-5,17H,2-3H2,1H3,(H,18,19). The number of carboxylic acids is 1. The molecule has 1 aliphatic rings. The summed E-state index contributed by atoms with van der Waals surface area (Å²) in [5.74, 6) is -2.43. The van der Waals surface area contributed by atoms with Gasteiger partial charge in [-0.05, 0) is 6.07 Å². The molecule has 0 amide bonds. The Morgan fingerprint density at radius 3 is 2.76 bits per heavy atom. The molecule has 0 bridgehead atoms. The number of ether oxygens (including phenoxy) is 2. The lowest BCUT2D eigenvalue weighted by atomic mass is 10.1. The lowest BCUT2D eigenvalue weighted by Gasteiger charge is -2.22. The predicted octanol–water partition coefficient (Wildman–Crippen LogP) is 1.40. The minimum absolute atomic E-state index is 0.0767. The van der Waals surface area contributed by atoms with E-state index in [0.29, 0.717) is 0 Å². The van der Waals surface area contributed by atoms with Crippen LogP contribution < -0.4 is 9.47 Å². The van der Waals surface area contributed by atoms with Gasteiger partial charge in [0.05, 0.1) is 11.3 Å². The summed E-state index contributed by atoms with van der Waals surface area (Å²) < 4.78 is 26.2. The fourth-order valence-corrected chi connectivity index (χ4v) is 2.18. The van der Waals surface area contributed by atoms with Crippen molar-refractivity contribution in [2.75, 3.05) is 13.2 Å². The van der Waals surface area contributed by atoms with E-state index in [1.54, 1.807) is 0 Å². The van der Waals surface area contributed by atoms with E-state index in [2.05, 4.69) is 5.10 Å². The van der Waals surface area contributed by atoms with Crippen LogP contribution in [0.5, 0.6) is 17.2 Å². The zero-order valence-electron chi connectivity index (χ0n) is 11.0. The van der Waals surface area contributed by atoms with Crippen LogP contribution in [0.2, 0.25) is 0 Å². The number of aryl methyl sites for hydroxylation is 1. The van der Waals surface area contributed by atoms with Crippen molar-refractivity contribution in [3.05, 3.63) is 23.6 Å². The van der Waals surface area contributed by atoms with E-state index in [-0.39, 0.29) is 41.7 Å². The molecule has 0 atom stereocenters. The van der Waals surface area contributed by atoms with Gasteiger partial charge in [0.15, 0.2) is 28.8 Å². The Kier molecular flexibility index (Phi) is 2.93. The summed E-state index contributed by atoms with van der Waals surface area (Å²) in [5, 5.41) is 22.4. The molecule has 7 nitrogen and oxygen atoms in total. The second-order valence-electron chi connectivity index (χ2n) is 4.45. The van der Waals surface area contributed by atoms with Crippen molar-refractivity contribution < 1.29 is 28.9 Å². The summed E-state index contributed by atoms with van der Waals surface area (Å²) in [4.78, 5) is 11.0. The number of phenolic OH excluding ortho intramolecular Hbond substituents is 1. The summed E-state index contributed by atoms with van der Waals surface area (Å²) in [6, 6.07) is 2.33. The predicted molar refractivity (Wildman–Crippen MR) is 68.2 cm³/mol. The second kappa shape index (κ2) is 4.65. The monoisotopic (exact) mass is 294 g/mol. The first-order chi connectivity index (χ1) is 9.99. The summed E-state index contributed by atoms with van der Waals surface area (Å²) in [6.45, 7) is 0.511. The maximum Gasteiger partial charge on any atom is 0.356 e. The SMILES string of the molecule is Cn1nc(C(=O)O)cc1-c1c(F)c(O)cc2c1OCCO2. The number of rotatable bonds is 2. The third-order valence-corrected chi connectivity index (χ3v) is 3.11. The van der Waals surface area contributed by atoms with Crippen molar-refractivity contribution in [1.29, 1.82) is 0 Å². The van der Waals surface area contributed by atoms with Gasteiger partial charge in [-0.2, -0.15) is 5.10 Å². The number of phenols is 1. The molecule has 0 aliphatic carbocycles. The van der Waals surface area contributed by atoms with Crippen molar-refractivity contribution in [2.24, 2.45) is 7.05 Å². The molecule has 3 rings (SSSR count). The molecule has 1 aromatic carbocycles. The molecule has 0 saturated carbocycles. The van der Waals surface area contributed by atoms with Gasteiger partial charge in [0, 0.05) is 13.1 Å². The summed E-state index contributed by atoms with van der Waals surface area (Å²) in [7, 11) is 1.47. The first kappa shape index (κ1) is 13.2. The molecule has 2 N–H and O–H groups in total. The zero-order chi connectivity index (χ0) is 15.1. The third-order valence-electron chi connectivity index (χ3n) is 3.11. The molecular weight excluding hydrogens is 283 g/mol. The Labute approximate surface area is 118 Å². The van der Waals surface area contributed by atoms with E-state index >= 15 is 0 Å². The van der Waals surface area contributed by atoms with Gasteiger partial charge in [-0.1, -0.05) is 0 Å². The van der Waals surface area contributed by atoms with Crippen LogP contribution in [-0.4, -0.2) is 39.2 Å². The van der Waals surface area contributed by atoms with Crippen LogP contribution in [0.3, 0.4) is 0 Å². The van der Waals surface area contributed by atoms with E-state index in [4.69, 9.17) is 14.6 Å². The number of aromatic hydroxyl groups is 1. The molecule has 2 aromatic rings. The Bertz CT molecular complexity index is 741. The second-order valence-corrected chi connectivity index (χ2v) is 4.45. The Balaban J connectivity index is 2.26. The molecular formula is C13H11FN2O5. The van der Waals surface area contributed by atoms with Gasteiger partial charge in [-0.3, -0.25) is 4.68 Å². The van der Waals surface area contributed by atoms with Crippen LogP contribution in [0.15, 0.2) is 12.1 Å². The molecule has 0 unspecified atom stereocenters. The number of fused-ring (bicyclic) bond motifs is 1. The van der Waals surface area contributed by atoms with Gasteiger partial charge in [0.25, 0.3) is 0 Å². The number of aromatic nitrogens is 2. The van der Waals surface area contributed by atoms with E-state index < -0.39 is 17.5 Å². The van der Waals surface area contributed by atoms with Crippen LogP contribution in [0, 0.1) is 5.82 Å². The van der Waals surface area contributed by atoms with Crippen molar-refractivity contribution in [3.63, 3.8) is 0 Å². The fraction of sp³-hybridized carbons (Fsp3) is 0.231. The number of carboxylic acid groups (broad SMARTS) is 1. The number of hydrogen-bond acceptors (Lipinski definition) is 5. The van der Waals surface area contributed by atoms with E-state index in [1.165, 1.54) is 17.8 Å². The molecule has 1 aliphatic heterocycles. The maximum atomic E-state index is 14.3. The van der Waals surface area contributed by atoms with Crippen molar-refractivity contribution in [2.45, 2.75) is 0 Å². The van der Waals surface area contributed by atoms with Crippen LogP contribution >= 0.6 is 0 Å². The lowest BCUT2D eigenvalue weighted by Crippen LogP contribution is -2.16. The molecule has 0 spiro atoms. The normalized spacial score (nSPS) is 13.2. The number of carbonyl (C=O) groups is 1. The van der Waals surface area contributed by atoms with Gasteiger partial charge in [0.1, 0.15) is 13.2 Å². The molecule has 0 fully saturated rings. The Hall–Kier alpha value is -2.77. The number of benzene rings is 1. The van der Waals surface area contributed by atoms with Crippen LogP contribution in [-0.2, 0) is 7.05 Å². The first-order valence-electron chi connectivity index (χ1n) is 6.08. The number of halogens is 1. The zero-order valence-corrected chi connectivity index (χ0v) is 11.0. The topological polar surface area (TPSA) is 93.8 Å². The molecule has 0 saturated heterocycles. The smallest absolute Gasteiger partial charge is 0.356 e. The summed E-state index contributed by atoms with van der Waals surface area (Å²) in [6.07, 6.45) is 0. The summed E-state index contributed by atoms with van der Waals surface area (Å²) >= 11 is 0. The Morgan fingerprint density at radius 1 is 1.38 bits per heavy atom. The molecule has 0 radical (unpaired) electrons. The van der Waals surface area contributed by atoms with E-state index in [1.807, 2.05) is 0 Å². The number of aromatic carboxylic acids is 1. The van der Waals surface area contributed by atoms with Crippen LogP contribution in [0.25, 0.3) is 11.3 Å². The van der Waals surface area contributed by atoms with Crippen LogP contribution in [0.1, 0.15) is 10.5 Å². The first-order valence-corrected chi connectivity index (χ1v) is 6.08. The van der Waals surface area contributed by atoms with E-state index in [9.17, 15) is 14.3 Å². The molecule has 2 heterocycles. The molecule has 8 heteroatoms.